The van der Waals surface area contributed by atoms with Gasteiger partial charge in [-0.15, -0.1) is 0 Å². The number of carboxylic acids is 1. The molecule has 2 saturated carbocycles. The van der Waals surface area contributed by atoms with Crippen LogP contribution in [0, 0.1) is 23.7 Å². The molecule has 2 amide bonds. The maximum Gasteiger partial charge on any atom is 0.317 e. The van der Waals surface area contributed by atoms with Crippen molar-refractivity contribution in [1.82, 2.24) is 10.2 Å². The predicted octanol–water partition coefficient (Wildman–Crippen LogP) is 1.16. The van der Waals surface area contributed by atoms with Crippen molar-refractivity contribution in [2.45, 2.75) is 31.7 Å². The number of hydrogen-bond donors (Lipinski definition) is 2. The Morgan fingerprint density at radius 1 is 1.29 bits per heavy atom. The van der Waals surface area contributed by atoms with Gasteiger partial charge < -0.3 is 20.1 Å². The van der Waals surface area contributed by atoms with E-state index in [0.717, 1.165) is 18.4 Å². The van der Waals surface area contributed by atoms with Gasteiger partial charge in [0.25, 0.3) is 0 Å². The highest BCUT2D eigenvalue weighted by Crippen LogP contribution is 2.48. The number of nitrogens with one attached hydrogen (secondary N) is 1. The maximum atomic E-state index is 12.2. The first-order chi connectivity index (χ1) is 10.0. The fourth-order valence-corrected chi connectivity index (χ4v) is 4.24. The molecule has 3 rings (SSSR count). The van der Waals surface area contributed by atoms with Crippen LogP contribution in [0.1, 0.15) is 25.7 Å². The molecule has 3 fully saturated rings. The summed E-state index contributed by atoms with van der Waals surface area (Å²) in [6.45, 7) is 1.24. The number of fused-ring (bicyclic) bond motifs is 2. The summed E-state index contributed by atoms with van der Waals surface area (Å²) in [5.74, 6) is 0.732. The van der Waals surface area contributed by atoms with Gasteiger partial charge in [-0.1, -0.05) is 6.42 Å². The van der Waals surface area contributed by atoms with Crippen molar-refractivity contribution in [2.24, 2.45) is 23.7 Å². The van der Waals surface area contributed by atoms with Gasteiger partial charge in [0.15, 0.2) is 0 Å². The molecular weight excluding hydrogens is 272 g/mol. The summed E-state index contributed by atoms with van der Waals surface area (Å²) in [6, 6.07) is -0.600. The second kappa shape index (κ2) is 5.83. The summed E-state index contributed by atoms with van der Waals surface area (Å²) in [5, 5.41) is 11.9. The molecule has 1 saturated heterocycles. The molecule has 1 aliphatic heterocycles. The van der Waals surface area contributed by atoms with Crippen LogP contribution in [0.2, 0.25) is 0 Å². The predicted molar refractivity (Wildman–Crippen MR) is 75.8 cm³/mol. The monoisotopic (exact) mass is 296 g/mol. The molecule has 0 aromatic heterocycles. The van der Waals surface area contributed by atoms with Gasteiger partial charge in [-0.2, -0.15) is 0 Å². The third kappa shape index (κ3) is 3.00. The lowest BCUT2D eigenvalue weighted by atomic mass is 9.88. The topological polar surface area (TPSA) is 78.9 Å². The lowest BCUT2D eigenvalue weighted by Crippen LogP contribution is -2.49. The highest BCUT2D eigenvalue weighted by atomic mass is 16.5. The van der Waals surface area contributed by atoms with E-state index < -0.39 is 17.9 Å². The van der Waals surface area contributed by atoms with Crippen LogP contribution < -0.4 is 5.32 Å². The van der Waals surface area contributed by atoms with E-state index >= 15 is 0 Å². The number of ether oxygens (including phenoxy) is 1. The average Bonchev–Trinajstić information content (AvgIpc) is 3.13. The minimum absolute atomic E-state index is 0.177. The summed E-state index contributed by atoms with van der Waals surface area (Å²) >= 11 is 0. The normalized spacial score (nSPS) is 37.7. The van der Waals surface area contributed by atoms with Crippen LogP contribution in [0.4, 0.5) is 4.79 Å². The van der Waals surface area contributed by atoms with E-state index in [9.17, 15) is 9.59 Å². The first kappa shape index (κ1) is 14.6. The maximum absolute atomic E-state index is 12.2. The van der Waals surface area contributed by atoms with Gasteiger partial charge in [0.1, 0.15) is 5.92 Å². The van der Waals surface area contributed by atoms with Gasteiger partial charge in [-0.25, -0.2) is 4.79 Å². The Morgan fingerprint density at radius 2 is 2.10 bits per heavy atom. The third-order valence-electron chi connectivity index (χ3n) is 5.45. The Bertz CT molecular complexity index is 428. The molecular formula is C15H24N2O4. The van der Waals surface area contributed by atoms with Gasteiger partial charge in [0, 0.05) is 13.6 Å². The van der Waals surface area contributed by atoms with Crippen LogP contribution in [0.15, 0.2) is 0 Å². The van der Waals surface area contributed by atoms with Crippen LogP contribution >= 0.6 is 0 Å². The SMILES string of the molecule is CN(CC1CC2CCC1C2)C(=O)NC1COCC1C(=O)O. The lowest BCUT2D eigenvalue weighted by Gasteiger charge is -2.28. The van der Waals surface area contributed by atoms with Crippen molar-refractivity contribution in [3.8, 4) is 0 Å². The molecule has 5 atom stereocenters. The molecule has 0 spiro atoms. The van der Waals surface area contributed by atoms with Crippen LogP contribution in [-0.4, -0.2) is 54.9 Å². The van der Waals surface area contributed by atoms with Gasteiger partial charge >= 0.3 is 12.0 Å². The zero-order valence-corrected chi connectivity index (χ0v) is 12.5. The number of aliphatic carboxylic acids is 1. The number of nitrogens with zero attached hydrogens (tertiary/aromatic N) is 1. The number of carbonyl (C=O) groups excluding carboxylic acids is 1. The molecule has 6 heteroatoms. The number of urea groups is 1. The molecule has 2 N–H and O–H groups in total. The number of carbonyl (C=O) groups is 2. The number of carboxylic acid groups (broad SMARTS) is 1. The van der Waals surface area contributed by atoms with Crippen molar-refractivity contribution < 1.29 is 19.4 Å². The van der Waals surface area contributed by atoms with Crippen LogP contribution in [-0.2, 0) is 9.53 Å². The fourth-order valence-electron chi connectivity index (χ4n) is 4.24. The van der Waals surface area contributed by atoms with Gasteiger partial charge in [0.05, 0.1) is 19.3 Å². The lowest BCUT2D eigenvalue weighted by molar-refractivity contribution is -0.142. The van der Waals surface area contributed by atoms with Crippen molar-refractivity contribution in [3.63, 3.8) is 0 Å². The van der Waals surface area contributed by atoms with Gasteiger partial charge in [0.2, 0.25) is 0 Å². The molecule has 6 nitrogen and oxygen atoms in total. The Morgan fingerprint density at radius 3 is 2.71 bits per heavy atom. The van der Waals surface area contributed by atoms with Crippen molar-refractivity contribution in [2.75, 3.05) is 26.8 Å². The standard InChI is InChI=1S/C15H24N2O4/c1-17(6-11-5-9-2-3-10(11)4-9)15(20)16-13-8-21-7-12(13)14(18)19/h9-13H,2-8H2,1H3,(H,16,20)(H,18,19). The van der Waals surface area contributed by atoms with E-state index in [2.05, 4.69) is 5.32 Å². The summed E-state index contributed by atoms with van der Waals surface area (Å²) < 4.78 is 5.17. The molecule has 0 aromatic rings. The molecule has 1 heterocycles. The highest BCUT2D eigenvalue weighted by molar-refractivity contribution is 5.77. The van der Waals surface area contributed by atoms with E-state index in [1.807, 2.05) is 0 Å². The molecule has 3 aliphatic rings. The summed E-state index contributed by atoms with van der Waals surface area (Å²) in [4.78, 5) is 25.0. The van der Waals surface area contributed by atoms with Gasteiger partial charge in [-0.05, 0) is 37.0 Å². The van der Waals surface area contributed by atoms with E-state index in [1.54, 1.807) is 11.9 Å². The Kier molecular flexibility index (Phi) is 4.06. The third-order valence-corrected chi connectivity index (χ3v) is 5.45. The minimum Gasteiger partial charge on any atom is -0.481 e. The summed E-state index contributed by atoms with van der Waals surface area (Å²) in [6.07, 6.45) is 5.24. The molecule has 5 unspecified atom stereocenters. The number of amides is 2. The van der Waals surface area contributed by atoms with E-state index in [-0.39, 0.29) is 19.2 Å². The van der Waals surface area contributed by atoms with E-state index in [1.165, 1.54) is 25.7 Å². The van der Waals surface area contributed by atoms with Crippen molar-refractivity contribution in [1.29, 1.82) is 0 Å². The molecule has 2 bridgehead atoms. The summed E-state index contributed by atoms with van der Waals surface area (Å²) in [5.41, 5.74) is 0. The Hall–Kier alpha value is -1.30. The van der Waals surface area contributed by atoms with E-state index in [4.69, 9.17) is 9.84 Å². The largest absolute Gasteiger partial charge is 0.481 e. The number of rotatable bonds is 4. The van der Waals surface area contributed by atoms with Crippen molar-refractivity contribution >= 4 is 12.0 Å². The van der Waals surface area contributed by atoms with Crippen LogP contribution in [0.25, 0.3) is 0 Å². The first-order valence-electron chi connectivity index (χ1n) is 7.86. The van der Waals surface area contributed by atoms with Crippen molar-refractivity contribution in [3.05, 3.63) is 0 Å². The average molecular weight is 296 g/mol. The van der Waals surface area contributed by atoms with Crippen LogP contribution in [0.3, 0.4) is 0 Å². The second-order valence-corrected chi connectivity index (χ2v) is 6.85. The Labute approximate surface area is 124 Å². The smallest absolute Gasteiger partial charge is 0.317 e. The second-order valence-electron chi connectivity index (χ2n) is 6.85. The molecule has 21 heavy (non-hydrogen) atoms. The zero-order valence-electron chi connectivity index (χ0n) is 12.5. The Balaban J connectivity index is 1.49. The number of hydrogen-bond acceptors (Lipinski definition) is 3. The zero-order chi connectivity index (χ0) is 15.0. The van der Waals surface area contributed by atoms with E-state index in [0.29, 0.717) is 5.92 Å². The molecule has 0 radical (unpaired) electrons. The summed E-state index contributed by atoms with van der Waals surface area (Å²) in [7, 11) is 1.80. The minimum atomic E-state index is -0.909. The van der Waals surface area contributed by atoms with Crippen LogP contribution in [0.5, 0.6) is 0 Å². The van der Waals surface area contributed by atoms with Gasteiger partial charge in [-0.3, -0.25) is 4.79 Å². The molecule has 0 aromatic carbocycles. The first-order valence-corrected chi connectivity index (χ1v) is 7.86. The quantitative estimate of drug-likeness (QED) is 0.816. The highest BCUT2D eigenvalue weighted by Gasteiger charge is 2.40. The molecule has 118 valence electrons. The molecule has 2 aliphatic carbocycles. The fraction of sp³-hybridized carbons (Fsp3) is 0.867.